The van der Waals surface area contributed by atoms with Crippen LogP contribution in [0.2, 0.25) is 5.02 Å². The molecule has 0 atom stereocenters. The van der Waals surface area contributed by atoms with Gasteiger partial charge in [0.25, 0.3) is 5.52 Å². The monoisotopic (exact) mass is 985 g/mol. The first-order valence-corrected chi connectivity index (χ1v) is 18.4. The van der Waals surface area contributed by atoms with Gasteiger partial charge in [0.1, 0.15) is 52.7 Å². The summed E-state index contributed by atoms with van der Waals surface area (Å²) in [7, 11) is 0. The van der Waals surface area contributed by atoms with Crippen molar-refractivity contribution in [2.75, 3.05) is 0 Å². The van der Waals surface area contributed by atoms with E-state index < -0.39 is 144 Å². The molecule has 0 spiro atoms. The molecule has 346 valence electrons. The van der Waals surface area contributed by atoms with Gasteiger partial charge in [0, 0.05) is 22.2 Å². The highest BCUT2D eigenvalue weighted by molar-refractivity contribution is 7.20. The van der Waals surface area contributed by atoms with Crippen molar-refractivity contribution in [2.45, 2.75) is 0 Å². The Kier molecular flexibility index (Phi) is 12.6. The maximum absolute atomic E-state index is 15.4. The Hall–Kier alpha value is -7.04. The molecule has 24 heteroatoms. The number of fused-ring (bicyclic) bond motifs is 2. The van der Waals surface area contributed by atoms with Gasteiger partial charge < -0.3 is 0 Å². The average Bonchev–Trinajstić information content (AvgIpc) is 3.32. The largest absolute Gasteiger partial charge is 0.265 e. The molecule has 0 N–H and O–H groups in total. The van der Waals surface area contributed by atoms with Crippen molar-refractivity contribution < 1.29 is 97.4 Å². The number of halogens is 21. The zero-order valence-electron chi connectivity index (χ0n) is 31.9. The normalized spacial score (nSPS) is 11.7. The fourth-order valence-corrected chi connectivity index (χ4v) is 7.69. The Morgan fingerprint density at radius 2 is 0.627 bits per heavy atom. The Morgan fingerprint density at radius 1 is 0.328 bits per heavy atom. The molecule has 8 aromatic rings. The van der Waals surface area contributed by atoms with E-state index in [0.717, 1.165) is 21.7 Å². The standard InChI is InChI=1S/C24BF20.C19H13ClNO/c26-5-1(6(27)14(35)21(42)13(5)34)25(2-7(28)15(36)22(43)16(37)8(2)29,3-9(30)17(38)23(44)18(39)10(3)31)4-11(32)19(40)24(45)20(41)12(4)33;20-17-12-11-14-6-1-3-9-16(14)19(17)22-21-13-5-8-15-7-2-4-10-18(15)21/h;1-13H/q-1;+1. The van der Waals surface area contributed by atoms with Crippen molar-refractivity contribution in [3.8, 4) is 5.75 Å². The van der Waals surface area contributed by atoms with Crippen LogP contribution in [-0.4, -0.2) is 6.15 Å². The van der Waals surface area contributed by atoms with E-state index >= 15 is 35.1 Å². The van der Waals surface area contributed by atoms with Gasteiger partial charge in [-0.1, -0.05) is 54.1 Å². The predicted molar refractivity (Wildman–Crippen MR) is 198 cm³/mol. The van der Waals surface area contributed by atoms with Gasteiger partial charge in [-0.3, -0.25) is 0 Å². The number of hydrogen-bond acceptors (Lipinski definition) is 1. The second-order valence-corrected chi connectivity index (χ2v) is 14.3. The minimum absolute atomic E-state index is 0.596. The Balaban J connectivity index is 0.000000250. The fourth-order valence-electron chi connectivity index (χ4n) is 7.50. The molecule has 67 heavy (non-hydrogen) atoms. The Bertz CT molecular complexity index is 2980. The number of aromatic nitrogens is 1. The van der Waals surface area contributed by atoms with Crippen LogP contribution in [0.15, 0.2) is 79.0 Å². The van der Waals surface area contributed by atoms with Crippen LogP contribution in [0.1, 0.15) is 0 Å². The molecule has 0 aliphatic rings. The van der Waals surface area contributed by atoms with Crippen molar-refractivity contribution >= 4 is 61.3 Å². The van der Waals surface area contributed by atoms with Crippen molar-refractivity contribution in [3.05, 3.63) is 200 Å². The number of hydrogen-bond donors (Lipinski definition) is 0. The smallest absolute Gasteiger partial charge is 0.229 e. The molecular weight excluding hydrogens is 973 g/mol. The van der Waals surface area contributed by atoms with E-state index in [9.17, 15) is 52.7 Å². The third-order valence-corrected chi connectivity index (χ3v) is 10.7. The quantitative estimate of drug-likeness (QED) is 0.0532. The predicted octanol–water partition coefficient (Wildman–Crippen LogP) is 10.6. The Labute approximate surface area is 364 Å². The van der Waals surface area contributed by atoms with Crippen molar-refractivity contribution in [1.29, 1.82) is 0 Å². The minimum atomic E-state index is -7.22. The fraction of sp³-hybridized carbons (Fsp3) is 0. The van der Waals surface area contributed by atoms with Gasteiger partial charge in [-0.2, -0.15) is 0 Å². The molecule has 2 nitrogen and oxygen atoms in total. The number of para-hydroxylation sites is 1. The summed E-state index contributed by atoms with van der Waals surface area (Å²) in [4.78, 5) is 6.12. The van der Waals surface area contributed by atoms with Crippen molar-refractivity contribution in [3.63, 3.8) is 0 Å². The number of benzene rings is 7. The summed E-state index contributed by atoms with van der Waals surface area (Å²) in [6.07, 6.45) is -5.33. The maximum Gasteiger partial charge on any atom is 0.265 e. The van der Waals surface area contributed by atoms with Gasteiger partial charge >= 0.3 is 0 Å². The van der Waals surface area contributed by atoms with Crippen molar-refractivity contribution in [2.24, 2.45) is 0 Å². The van der Waals surface area contributed by atoms with E-state index in [1.165, 1.54) is 0 Å². The van der Waals surface area contributed by atoms with Crippen LogP contribution in [0, 0.1) is 116 Å². The zero-order valence-corrected chi connectivity index (χ0v) is 32.6. The zero-order chi connectivity index (χ0) is 49.3. The third-order valence-electron chi connectivity index (χ3n) is 10.4. The van der Waals surface area contributed by atoms with E-state index in [0.29, 0.717) is 10.8 Å². The SMILES string of the molecule is Clc1ccc2ccccc2c1O[n+]1cccc2ccccc21.Fc1c(F)c(F)c([B-](c2c(F)c(F)c(F)c(F)c2F)(c2c(F)c(F)c(F)c(F)c2F)c2c(F)c(F)c(F)c(F)c2F)c(F)c1F. The lowest BCUT2D eigenvalue weighted by atomic mass is 9.12. The van der Waals surface area contributed by atoms with E-state index in [4.69, 9.17) is 16.4 Å². The summed E-state index contributed by atoms with van der Waals surface area (Å²) in [6.45, 7) is 0. The van der Waals surface area contributed by atoms with Crippen LogP contribution >= 0.6 is 11.6 Å². The lowest BCUT2D eigenvalue weighted by Gasteiger charge is -2.44. The maximum atomic E-state index is 15.4. The van der Waals surface area contributed by atoms with Gasteiger partial charge in [-0.25, -0.2) is 92.6 Å². The molecule has 0 aliphatic carbocycles. The van der Waals surface area contributed by atoms with Crippen LogP contribution in [0.3, 0.4) is 0 Å². The summed E-state index contributed by atoms with van der Waals surface area (Å²) in [5.41, 5.74) is -13.3. The van der Waals surface area contributed by atoms with Gasteiger partial charge in [0.15, 0.2) is 69.8 Å². The molecule has 0 bridgehead atoms. The molecular formula is C43H13BClF20NO. The molecule has 1 aromatic heterocycles. The molecule has 0 amide bonds. The van der Waals surface area contributed by atoms with E-state index in [2.05, 4.69) is 12.1 Å². The van der Waals surface area contributed by atoms with E-state index in [-0.39, 0.29) is 0 Å². The minimum Gasteiger partial charge on any atom is -0.229 e. The average molecular weight is 986 g/mol. The van der Waals surface area contributed by atoms with Crippen LogP contribution < -0.4 is 31.4 Å². The van der Waals surface area contributed by atoms with Gasteiger partial charge in [-0.15, -0.1) is 21.9 Å². The molecule has 7 aromatic carbocycles. The molecule has 0 saturated heterocycles. The second-order valence-electron chi connectivity index (χ2n) is 13.9. The second kappa shape index (κ2) is 17.6. The molecule has 0 fully saturated rings. The number of nitrogens with zero attached hydrogens (tertiary/aromatic N) is 1. The summed E-state index contributed by atoms with van der Waals surface area (Å²) < 4.78 is 296. The molecule has 0 aliphatic heterocycles. The highest BCUT2D eigenvalue weighted by Crippen LogP contribution is 2.34. The van der Waals surface area contributed by atoms with Crippen molar-refractivity contribution in [1.82, 2.24) is 0 Å². The number of pyridine rings is 1. The summed E-state index contributed by atoms with van der Waals surface area (Å²) >= 11 is 6.37. The van der Waals surface area contributed by atoms with E-state index in [1.807, 2.05) is 66.9 Å². The molecule has 0 saturated carbocycles. The Morgan fingerprint density at radius 3 is 1.00 bits per heavy atom. The topological polar surface area (TPSA) is 13.1 Å². The first kappa shape index (κ1) is 47.9. The van der Waals surface area contributed by atoms with Crippen LogP contribution in [0.25, 0.3) is 21.7 Å². The van der Waals surface area contributed by atoms with Gasteiger partial charge in [-0.05, 0) is 23.6 Å². The highest BCUT2D eigenvalue weighted by Gasteiger charge is 2.52. The van der Waals surface area contributed by atoms with Crippen LogP contribution in [-0.2, 0) is 0 Å². The number of rotatable bonds is 6. The summed E-state index contributed by atoms with van der Waals surface area (Å²) in [5.74, 6) is -70.7. The lowest BCUT2D eigenvalue weighted by molar-refractivity contribution is -0.854. The molecule has 8 rings (SSSR count). The lowest BCUT2D eigenvalue weighted by Crippen LogP contribution is -2.81. The molecule has 1 heterocycles. The highest BCUT2D eigenvalue weighted by atomic mass is 35.5. The molecule has 0 unspecified atom stereocenters. The molecule has 0 radical (unpaired) electrons. The van der Waals surface area contributed by atoms with Gasteiger partial charge in [0.2, 0.25) is 11.9 Å². The van der Waals surface area contributed by atoms with E-state index in [1.54, 1.807) is 4.73 Å². The first-order chi connectivity index (χ1) is 31.5. The first-order valence-electron chi connectivity index (χ1n) is 18.0. The summed E-state index contributed by atoms with van der Waals surface area (Å²) in [6, 6.07) is 24.0. The summed E-state index contributed by atoms with van der Waals surface area (Å²) in [5, 5.41) is 3.80. The van der Waals surface area contributed by atoms with Gasteiger partial charge in [0.05, 0.1) is 10.4 Å². The van der Waals surface area contributed by atoms with Crippen LogP contribution in [0.5, 0.6) is 5.75 Å². The third kappa shape index (κ3) is 7.29. The van der Waals surface area contributed by atoms with Crippen LogP contribution in [0.4, 0.5) is 87.8 Å².